The van der Waals surface area contributed by atoms with E-state index in [2.05, 4.69) is 4.98 Å². The Morgan fingerprint density at radius 3 is 2.03 bits per heavy atom. The van der Waals surface area contributed by atoms with Crippen molar-refractivity contribution in [2.24, 2.45) is 0 Å². The number of aryl methyl sites for hydroxylation is 1. The predicted molar refractivity (Wildman–Crippen MR) is 112 cm³/mol. The largest absolute Gasteiger partial charge is 0.444 e. The van der Waals surface area contributed by atoms with Crippen LogP contribution in [0.3, 0.4) is 0 Å². The van der Waals surface area contributed by atoms with Crippen molar-refractivity contribution in [3.05, 3.63) is 114 Å². The van der Waals surface area contributed by atoms with E-state index in [1.165, 1.54) is 0 Å². The van der Waals surface area contributed by atoms with Gasteiger partial charge in [0.1, 0.15) is 5.76 Å². The highest BCUT2D eigenvalue weighted by molar-refractivity contribution is 6.02. The predicted octanol–water partition coefficient (Wildman–Crippen LogP) is 5.43. The normalized spacial score (nSPS) is 11.6. The van der Waals surface area contributed by atoms with E-state index in [-0.39, 0.29) is 11.5 Å². The summed E-state index contributed by atoms with van der Waals surface area (Å²) >= 11 is 0. The molecule has 0 aliphatic rings. The Bertz CT molecular complexity index is 1150. The van der Waals surface area contributed by atoms with Crippen molar-refractivity contribution in [1.82, 2.24) is 4.98 Å². The van der Waals surface area contributed by atoms with E-state index in [4.69, 9.17) is 9.15 Å². The molecule has 0 fully saturated rings. The quantitative estimate of drug-likeness (QED) is 0.320. The number of hydrogen-bond acceptors (Lipinski definition) is 5. The Labute approximate surface area is 174 Å². The van der Waals surface area contributed by atoms with E-state index < -0.39 is 12.1 Å². The van der Waals surface area contributed by atoms with Gasteiger partial charge >= 0.3 is 5.97 Å². The molecule has 0 unspecified atom stereocenters. The van der Waals surface area contributed by atoms with E-state index in [1.807, 2.05) is 42.5 Å². The van der Waals surface area contributed by atoms with E-state index in [9.17, 15) is 9.59 Å². The Morgan fingerprint density at radius 1 is 0.833 bits per heavy atom. The molecule has 30 heavy (non-hydrogen) atoms. The van der Waals surface area contributed by atoms with Gasteiger partial charge in [-0.2, -0.15) is 0 Å². The number of aromatic nitrogens is 1. The minimum absolute atomic E-state index is 0.0515. The summed E-state index contributed by atoms with van der Waals surface area (Å²) in [7, 11) is 0. The first-order valence-electron chi connectivity index (χ1n) is 9.51. The van der Waals surface area contributed by atoms with Crippen LogP contribution in [-0.4, -0.2) is 16.7 Å². The maximum Gasteiger partial charge on any atom is 0.361 e. The molecule has 1 atom stereocenters. The summed E-state index contributed by atoms with van der Waals surface area (Å²) in [5.41, 5.74) is 1.85. The summed E-state index contributed by atoms with van der Waals surface area (Å²) in [5, 5.41) is 0. The molecule has 0 radical (unpaired) electrons. The number of benzene rings is 3. The van der Waals surface area contributed by atoms with Crippen molar-refractivity contribution in [1.29, 1.82) is 0 Å². The highest BCUT2D eigenvalue weighted by Gasteiger charge is 2.29. The molecule has 0 bridgehead atoms. The molecule has 0 saturated heterocycles. The number of oxazole rings is 1. The summed E-state index contributed by atoms with van der Waals surface area (Å²) < 4.78 is 11.3. The number of nitrogens with zero attached hydrogens (tertiary/aromatic N) is 1. The van der Waals surface area contributed by atoms with Crippen molar-refractivity contribution >= 4 is 11.8 Å². The second kappa shape index (κ2) is 8.57. The summed E-state index contributed by atoms with van der Waals surface area (Å²) in [6.07, 6.45) is -1.09. The van der Waals surface area contributed by atoms with Crippen LogP contribution in [0.5, 0.6) is 0 Å². The number of rotatable bonds is 6. The van der Waals surface area contributed by atoms with Crippen LogP contribution < -0.4 is 0 Å². The lowest BCUT2D eigenvalue weighted by atomic mass is 10.00. The van der Waals surface area contributed by atoms with Gasteiger partial charge < -0.3 is 9.15 Å². The van der Waals surface area contributed by atoms with Gasteiger partial charge in [-0.05, 0) is 19.1 Å². The van der Waals surface area contributed by atoms with Crippen molar-refractivity contribution in [2.45, 2.75) is 13.0 Å². The van der Waals surface area contributed by atoms with Gasteiger partial charge in [0.15, 0.2) is 11.8 Å². The van der Waals surface area contributed by atoms with Crippen molar-refractivity contribution < 1.29 is 18.7 Å². The van der Waals surface area contributed by atoms with Gasteiger partial charge in [0.2, 0.25) is 11.7 Å². The van der Waals surface area contributed by atoms with Gasteiger partial charge in [0.05, 0.1) is 0 Å². The zero-order valence-electron chi connectivity index (χ0n) is 16.3. The maximum atomic E-state index is 13.1. The first kappa shape index (κ1) is 19.3. The minimum Gasteiger partial charge on any atom is -0.444 e. The van der Waals surface area contributed by atoms with Crippen molar-refractivity contribution in [2.75, 3.05) is 0 Å². The van der Waals surface area contributed by atoms with E-state index >= 15 is 0 Å². The second-order valence-electron chi connectivity index (χ2n) is 6.72. The van der Waals surface area contributed by atoms with Crippen molar-refractivity contribution in [3.8, 4) is 11.5 Å². The summed E-state index contributed by atoms with van der Waals surface area (Å²) in [5.74, 6) is -0.361. The van der Waals surface area contributed by atoms with Gasteiger partial charge in [-0.15, -0.1) is 0 Å². The fraction of sp³-hybridized carbons (Fsp3) is 0.0800. The smallest absolute Gasteiger partial charge is 0.361 e. The van der Waals surface area contributed by atoms with E-state index in [0.29, 0.717) is 22.8 Å². The van der Waals surface area contributed by atoms with E-state index in [0.717, 1.165) is 5.56 Å². The summed E-state index contributed by atoms with van der Waals surface area (Å²) in [6.45, 7) is 1.65. The molecule has 148 valence electrons. The number of ether oxygens (including phenoxy) is 1. The molecular formula is C25H19NO4. The lowest BCUT2D eigenvalue weighted by Gasteiger charge is -2.17. The SMILES string of the molecule is Cc1oc(-c2ccccc2)nc1C(=O)O[C@@H](C(=O)c1ccccc1)c1ccccc1. The summed E-state index contributed by atoms with van der Waals surface area (Å²) in [6, 6.07) is 27.0. The Kier molecular flexibility index (Phi) is 5.52. The third-order valence-corrected chi connectivity index (χ3v) is 4.63. The van der Waals surface area contributed by atoms with Gasteiger partial charge in [0, 0.05) is 16.7 Å². The van der Waals surface area contributed by atoms with Crippen LogP contribution in [0.15, 0.2) is 95.4 Å². The topological polar surface area (TPSA) is 69.4 Å². The van der Waals surface area contributed by atoms with Gasteiger partial charge in [0.25, 0.3) is 0 Å². The average Bonchev–Trinajstić information content (AvgIpc) is 3.20. The van der Waals surface area contributed by atoms with Gasteiger partial charge in [-0.1, -0.05) is 78.9 Å². The maximum absolute atomic E-state index is 13.1. The molecule has 1 heterocycles. The zero-order valence-corrected chi connectivity index (χ0v) is 16.3. The molecule has 3 aromatic carbocycles. The monoisotopic (exact) mass is 397 g/mol. The third-order valence-electron chi connectivity index (χ3n) is 4.63. The highest BCUT2D eigenvalue weighted by atomic mass is 16.5. The Hall–Kier alpha value is -3.99. The molecule has 0 spiro atoms. The number of esters is 1. The van der Waals surface area contributed by atoms with Gasteiger partial charge in [-0.25, -0.2) is 9.78 Å². The Morgan fingerprint density at radius 2 is 1.40 bits per heavy atom. The van der Waals surface area contributed by atoms with Crippen LogP contribution >= 0.6 is 0 Å². The fourth-order valence-electron chi connectivity index (χ4n) is 3.11. The van der Waals surface area contributed by atoms with Crippen LogP contribution in [0.2, 0.25) is 0 Å². The first-order chi connectivity index (χ1) is 14.6. The second-order valence-corrected chi connectivity index (χ2v) is 6.72. The minimum atomic E-state index is -1.09. The average molecular weight is 397 g/mol. The highest BCUT2D eigenvalue weighted by Crippen LogP contribution is 2.26. The molecule has 5 heteroatoms. The molecular weight excluding hydrogens is 378 g/mol. The van der Waals surface area contributed by atoms with Gasteiger partial charge in [-0.3, -0.25) is 4.79 Å². The van der Waals surface area contributed by atoms with Crippen LogP contribution in [-0.2, 0) is 4.74 Å². The molecule has 0 amide bonds. The molecule has 1 aromatic heterocycles. The third kappa shape index (κ3) is 4.05. The number of hydrogen-bond donors (Lipinski definition) is 0. The number of carbonyl (C=O) groups is 2. The molecule has 4 rings (SSSR count). The van der Waals surface area contributed by atoms with Crippen LogP contribution in [0.25, 0.3) is 11.5 Å². The lowest BCUT2D eigenvalue weighted by Crippen LogP contribution is -2.21. The van der Waals surface area contributed by atoms with Crippen LogP contribution in [0.1, 0.15) is 38.3 Å². The first-order valence-corrected chi connectivity index (χ1v) is 9.51. The lowest BCUT2D eigenvalue weighted by molar-refractivity contribution is 0.0273. The Balaban J connectivity index is 1.64. The van der Waals surface area contributed by atoms with Crippen molar-refractivity contribution in [3.63, 3.8) is 0 Å². The standard InChI is InChI=1S/C25H19NO4/c1-17-21(26-24(29-17)20-15-9-4-10-16-20)25(28)30-23(19-13-7-3-8-14-19)22(27)18-11-5-2-6-12-18/h2-16,23H,1H3/t23-/m1/s1. The molecule has 0 aliphatic carbocycles. The molecule has 0 aliphatic heterocycles. The molecule has 4 aromatic rings. The zero-order chi connectivity index (χ0) is 20.9. The molecule has 0 saturated carbocycles. The van der Waals surface area contributed by atoms with Crippen LogP contribution in [0.4, 0.5) is 0 Å². The van der Waals surface area contributed by atoms with E-state index in [1.54, 1.807) is 55.5 Å². The molecule has 0 N–H and O–H groups in total. The summed E-state index contributed by atoms with van der Waals surface area (Å²) in [4.78, 5) is 30.3. The number of Topliss-reactive ketones (excluding diaryl/α,β-unsaturated/α-hetero) is 1. The molecule has 5 nitrogen and oxygen atoms in total. The van der Waals surface area contributed by atoms with Crippen LogP contribution in [0, 0.1) is 6.92 Å². The number of carbonyl (C=O) groups excluding carboxylic acids is 2. The fourth-order valence-corrected chi connectivity index (χ4v) is 3.11. The number of ketones is 1.